The van der Waals surface area contributed by atoms with Crippen molar-refractivity contribution in [2.24, 2.45) is 0 Å². The van der Waals surface area contributed by atoms with Crippen LogP contribution in [-0.4, -0.2) is 5.91 Å². The highest BCUT2D eigenvalue weighted by Gasteiger charge is 2.13. The Kier molecular flexibility index (Phi) is 4.39. The minimum Gasteiger partial charge on any atom is -0.451 e. The van der Waals surface area contributed by atoms with Crippen molar-refractivity contribution in [3.05, 3.63) is 77.8 Å². The number of nitriles is 1. The molecule has 1 aromatic heterocycles. The zero-order chi connectivity index (χ0) is 16.9. The molecule has 0 saturated heterocycles. The maximum atomic E-state index is 13.3. The lowest BCUT2D eigenvalue weighted by Crippen LogP contribution is -2.10. The van der Waals surface area contributed by atoms with Gasteiger partial charge in [0.1, 0.15) is 11.6 Å². The number of amides is 1. The summed E-state index contributed by atoms with van der Waals surface area (Å²) in [5.41, 5.74) is 1.96. The monoisotopic (exact) mass is 320 g/mol. The predicted octanol–water partition coefficient (Wildman–Crippen LogP) is 4.40. The fraction of sp³-hybridized carbons (Fsp3) is 0.0526. The van der Waals surface area contributed by atoms with Crippen LogP contribution in [0.4, 0.5) is 10.1 Å². The highest BCUT2D eigenvalue weighted by atomic mass is 19.1. The second-order valence-corrected chi connectivity index (χ2v) is 5.16. The molecule has 0 unspecified atom stereocenters. The highest BCUT2D eigenvalue weighted by Crippen LogP contribution is 2.23. The Bertz CT molecular complexity index is 925. The molecule has 118 valence electrons. The van der Waals surface area contributed by atoms with Gasteiger partial charge in [0.2, 0.25) is 0 Å². The molecule has 1 amide bonds. The minimum absolute atomic E-state index is 0.125. The zero-order valence-corrected chi connectivity index (χ0v) is 12.6. The van der Waals surface area contributed by atoms with E-state index >= 15 is 0 Å². The van der Waals surface area contributed by atoms with Gasteiger partial charge in [-0.3, -0.25) is 4.79 Å². The Balaban J connectivity index is 1.77. The largest absolute Gasteiger partial charge is 0.451 e. The fourth-order valence-corrected chi connectivity index (χ4v) is 2.30. The van der Waals surface area contributed by atoms with Crippen molar-refractivity contribution in [2.45, 2.75) is 6.42 Å². The van der Waals surface area contributed by atoms with Crippen molar-refractivity contribution in [3.63, 3.8) is 0 Å². The van der Waals surface area contributed by atoms with Gasteiger partial charge in [-0.25, -0.2) is 4.39 Å². The lowest BCUT2D eigenvalue weighted by atomic mass is 10.1. The smallest absolute Gasteiger partial charge is 0.291 e. The first-order valence-corrected chi connectivity index (χ1v) is 7.29. The second-order valence-electron chi connectivity index (χ2n) is 5.16. The summed E-state index contributed by atoms with van der Waals surface area (Å²) in [6, 6.07) is 18.2. The van der Waals surface area contributed by atoms with Crippen LogP contribution in [0.25, 0.3) is 11.3 Å². The number of hydrogen-bond donors (Lipinski definition) is 1. The fourth-order valence-electron chi connectivity index (χ4n) is 2.30. The molecule has 1 heterocycles. The van der Waals surface area contributed by atoms with Gasteiger partial charge >= 0.3 is 0 Å². The number of halogens is 1. The molecule has 3 rings (SSSR count). The number of furan rings is 1. The first-order chi connectivity index (χ1) is 11.7. The van der Waals surface area contributed by atoms with E-state index in [0.717, 1.165) is 5.56 Å². The van der Waals surface area contributed by atoms with Gasteiger partial charge in [-0.1, -0.05) is 24.3 Å². The number of benzene rings is 2. The van der Waals surface area contributed by atoms with Crippen molar-refractivity contribution in [2.75, 3.05) is 5.32 Å². The molecule has 0 aliphatic carbocycles. The van der Waals surface area contributed by atoms with Crippen molar-refractivity contribution >= 4 is 11.6 Å². The minimum atomic E-state index is -0.410. The maximum Gasteiger partial charge on any atom is 0.291 e. The Hall–Kier alpha value is -3.39. The van der Waals surface area contributed by atoms with Crippen LogP contribution in [0.3, 0.4) is 0 Å². The molecule has 0 spiro atoms. The maximum absolute atomic E-state index is 13.3. The van der Waals surface area contributed by atoms with Crippen molar-refractivity contribution < 1.29 is 13.6 Å². The summed E-state index contributed by atoms with van der Waals surface area (Å²) in [7, 11) is 0. The number of nitrogens with zero attached hydrogens (tertiary/aromatic N) is 1. The number of carbonyl (C=O) groups excluding carboxylic acids is 1. The molecule has 24 heavy (non-hydrogen) atoms. The van der Waals surface area contributed by atoms with Gasteiger partial charge in [-0.2, -0.15) is 5.26 Å². The molecule has 4 nitrogen and oxygen atoms in total. The summed E-state index contributed by atoms with van der Waals surface area (Å²) in [5, 5.41) is 11.4. The van der Waals surface area contributed by atoms with Crippen LogP contribution in [0, 0.1) is 17.1 Å². The summed E-state index contributed by atoms with van der Waals surface area (Å²) in [4.78, 5) is 12.3. The highest BCUT2D eigenvalue weighted by molar-refractivity contribution is 6.02. The van der Waals surface area contributed by atoms with Gasteiger partial charge in [0.25, 0.3) is 5.91 Å². The van der Waals surface area contributed by atoms with Crippen molar-refractivity contribution in [1.29, 1.82) is 5.26 Å². The number of hydrogen-bond acceptors (Lipinski definition) is 3. The average molecular weight is 320 g/mol. The predicted molar refractivity (Wildman–Crippen MR) is 87.8 cm³/mol. The summed E-state index contributed by atoms with van der Waals surface area (Å²) in [5.74, 6) is -0.242. The van der Waals surface area contributed by atoms with Crippen molar-refractivity contribution in [1.82, 2.24) is 0 Å². The summed E-state index contributed by atoms with van der Waals surface area (Å²) < 4.78 is 18.8. The van der Waals surface area contributed by atoms with Crippen LogP contribution < -0.4 is 5.32 Å². The van der Waals surface area contributed by atoms with E-state index < -0.39 is 5.91 Å². The average Bonchev–Trinajstić information content (AvgIpc) is 3.06. The lowest BCUT2D eigenvalue weighted by molar-refractivity contribution is 0.0997. The first-order valence-electron chi connectivity index (χ1n) is 7.29. The van der Waals surface area contributed by atoms with Gasteiger partial charge in [0, 0.05) is 11.3 Å². The Morgan fingerprint density at radius 2 is 1.96 bits per heavy atom. The number of nitrogens with one attached hydrogen (secondary N) is 1. The van der Waals surface area contributed by atoms with E-state index in [4.69, 9.17) is 9.68 Å². The molecular formula is C19H13FN2O2. The van der Waals surface area contributed by atoms with Crippen LogP contribution in [-0.2, 0) is 6.42 Å². The molecule has 0 fully saturated rings. The summed E-state index contributed by atoms with van der Waals surface area (Å²) in [6.07, 6.45) is 0.272. The van der Waals surface area contributed by atoms with Gasteiger partial charge in [-0.15, -0.1) is 0 Å². The van der Waals surface area contributed by atoms with Crippen LogP contribution in [0.2, 0.25) is 0 Å². The SMILES string of the molecule is N#CCc1cccc(NC(=O)c2ccc(-c3cccc(F)c3)o2)c1. The number of rotatable bonds is 4. The molecule has 0 radical (unpaired) electrons. The number of anilines is 1. The zero-order valence-electron chi connectivity index (χ0n) is 12.6. The Morgan fingerprint density at radius 3 is 2.75 bits per heavy atom. The molecule has 2 aromatic carbocycles. The molecule has 1 N–H and O–H groups in total. The third kappa shape index (κ3) is 3.50. The van der Waals surface area contributed by atoms with Gasteiger partial charge < -0.3 is 9.73 Å². The Morgan fingerprint density at radius 1 is 1.12 bits per heavy atom. The van der Waals surface area contributed by atoms with Crippen LogP contribution in [0.15, 0.2) is 65.1 Å². The third-order valence-corrected chi connectivity index (χ3v) is 3.41. The van der Waals surface area contributed by atoms with Crippen molar-refractivity contribution in [3.8, 4) is 17.4 Å². The quantitative estimate of drug-likeness (QED) is 0.774. The molecule has 0 aliphatic heterocycles. The molecule has 0 bridgehead atoms. The van der Waals surface area contributed by atoms with Gasteiger partial charge in [0.05, 0.1) is 12.5 Å². The van der Waals surface area contributed by atoms with Crippen LogP contribution in [0.5, 0.6) is 0 Å². The van der Waals surface area contributed by atoms with Gasteiger partial charge in [0.15, 0.2) is 5.76 Å². The molecule has 0 atom stereocenters. The molecule has 3 aromatic rings. The topological polar surface area (TPSA) is 66.0 Å². The summed E-state index contributed by atoms with van der Waals surface area (Å²) in [6.45, 7) is 0. The molecule has 0 saturated carbocycles. The molecule has 5 heteroatoms. The van der Waals surface area contributed by atoms with E-state index in [0.29, 0.717) is 17.0 Å². The van der Waals surface area contributed by atoms with E-state index in [9.17, 15) is 9.18 Å². The van der Waals surface area contributed by atoms with Gasteiger partial charge in [-0.05, 0) is 42.0 Å². The molecule has 0 aliphatic rings. The van der Waals surface area contributed by atoms with E-state index in [1.807, 2.05) is 6.07 Å². The second kappa shape index (κ2) is 6.80. The standard InChI is InChI=1S/C19H13FN2O2/c20-15-5-2-4-14(12-15)17-7-8-18(24-17)19(23)22-16-6-1-3-13(11-16)9-10-21/h1-8,11-12H,9H2,(H,22,23). The number of carbonyl (C=O) groups is 1. The van der Waals surface area contributed by atoms with E-state index in [2.05, 4.69) is 11.4 Å². The van der Waals surface area contributed by atoms with E-state index in [1.54, 1.807) is 36.4 Å². The normalized spacial score (nSPS) is 10.2. The molecular weight excluding hydrogens is 307 g/mol. The lowest BCUT2D eigenvalue weighted by Gasteiger charge is -2.04. The Labute approximate surface area is 138 Å². The van der Waals surface area contributed by atoms with Crippen LogP contribution >= 0.6 is 0 Å². The van der Waals surface area contributed by atoms with E-state index in [-0.39, 0.29) is 18.0 Å². The van der Waals surface area contributed by atoms with Crippen LogP contribution in [0.1, 0.15) is 16.1 Å². The summed E-state index contributed by atoms with van der Waals surface area (Å²) >= 11 is 0. The van der Waals surface area contributed by atoms with E-state index in [1.165, 1.54) is 18.2 Å². The first kappa shape index (κ1) is 15.5. The third-order valence-electron chi connectivity index (χ3n) is 3.41.